The van der Waals surface area contributed by atoms with Gasteiger partial charge in [-0.2, -0.15) is 4.98 Å². The summed E-state index contributed by atoms with van der Waals surface area (Å²) in [4.78, 5) is 21.1. The van der Waals surface area contributed by atoms with Crippen LogP contribution in [0.25, 0.3) is 20.9 Å². The normalized spacial score (nSPS) is 17.2. The second kappa shape index (κ2) is 6.34. The van der Waals surface area contributed by atoms with Gasteiger partial charge in [-0.1, -0.05) is 29.4 Å². The molecule has 4 heterocycles. The molecule has 1 aliphatic heterocycles. The van der Waals surface area contributed by atoms with E-state index in [9.17, 15) is 4.79 Å². The Morgan fingerprint density at radius 1 is 1.23 bits per heavy atom. The minimum absolute atomic E-state index is 0.0932. The summed E-state index contributed by atoms with van der Waals surface area (Å²) in [5.74, 6) is 1.48. The van der Waals surface area contributed by atoms with Crippen molar-refractivity contribution in [3.63, 3.8) is 0 Å². The van der Waals surface area contributed by atoms with Crippen molar-refractivity contribution in [2.45, 2.75) is 12.3 Å². The van der Waals surface area contributed by atoms with Crippen LogP contribution in [0.1, 0.15) is 27.8 Å². The van der Waals surface area contributed by atoms with Crippen LogP contribution in [0.2, 0.25) is 0 Å². The number of benzene rings is 1. The van der Waals surface area contributed by atoms with Crippen molar-refractivity contribution in [3.8, 4) is 10.8 Å². The van der Waals surface area contributed by atoms with Crippen molar-refractivity contribution in [2.24, 2.45) is 0 Å². The average Bonchev–Trinajstić information content (AvgIpc) is 3.47. The van der Waals surface area contributed by atoms with Crippen molar-refractivity contribution >= 4 is 38.7 Å². The molecule has 0 saturated carbocycles. The number of aromatic nitrogens is 2. The van der Waals surface area contributed by atoms with Gasteiger partial charge < -0.3 is 9.42 Å². The van der Waals surface area contributed by atoms with Crippen molar-refractivity contribution < 1.29 is 9.32 Å². The number of amides is 1. The summed E-state index contributed by atoms with van der Waals surface area (Å²) >= 11 is 3.13. The maximum Gasteiger partial charge on any atom is 0.267 e. The van der Waals surface area contributed by atoms with Crippen LogP contribution in [0, 0.1) is 0 Å². The van der Waals surface area contributed by atoms with E-state index in [2.05, 4.69) is 16.2 Å². The molecule has 1 atom stereocenters. The first kappa shape index (κ1) is 15.7. The molecule has 0 N–H and O–H groups in total. The van der Waals surface area contributed by atoms with E-state index in [1.54, 1.807) is 22.7 Å². The van der Waals surface area contributed by atoms with E-state index in [0.29, 0.717) is 18.3 Å². The molecule has 0 radical (unpaired) electrons. The Bertz CT molecular complexity index is 1030. The van der Waals surface area contributed by atoms with Gasteiger partial charge in [0.05, 0.1) is 9.75 Å². The SMILES string of the molecule is O=C(c1cc2ccccc2s1)N1CCC(c2noc(-c3cccs3)n2)C1. The monoisotopic (exact) mass is 381 g/mol. The molecule has 1 aliphatic rings. The molecule has 1 saturated heterocycles. The number of fused-ring (bicyclic) bond motifs is 1. The van der Waals surface area contributed by atoms with E-state index in [4.69, 9.17) is 4.52 Å². The van der Waals surface area contributed by atoms with Crippen LogP contribution in [-0.4, -0.2) is 34.0 Å². The Balaban J connectivity index is 1.33. The minimum Gasteiger partial charge on any atom is -0.337 e. The molecule has 1 fully saturated rings. The number of carbonyl (C=O) groups excluding carboxylic acids is 1. The third-order valence-electron chi connectivity index (χ3n) is 4.65. The predicted octanol–water partition coefficient (Wildman–Crippen LogP) is 4.64. The van der Waals surface area contributed by atoms with E-state index >= 15 is 0 Å². The molecule has 130 valence electrons. The smallest absolute Gasteiger partial charge is 0.267 e. The fourth-order valence-electron chi connectivity index (χ4n) is 3.30. The lowest BCUT2D eigenvalue weighted by Gasteiger charge is -2.14. The van der Waals surface area contributed by atoms with Gasteiger partial charge in [0.15, 0.2) is 5.82 Å². The van der Waals surface area contributed by atoms with Crippen LogP contribution in [0.5, 0.6) is 0 Å². The Kier molecular flexibility index (Phi) is 3.83. The molecule has 1 unspecified atom stereocenters. The summed E-state index contributed by atoms with van der Waals surface area (Å²) in [7, 11) is 0. The molecule has 4 aromatic rings. The van der Waals surface area contributed by atoms with Gasteiger partial charge in [-0.25, -0.2) is 0 Å². The van der Waals surface area contributed by atoms with Crippen LogP contribution >= 0.6 is 22.7 Å². The van der Waals surface area contributed by atoms with Gasteiger partial charge in [-0.15, -0.1) is 22.7 Å². The highest BCUT2D eigenvalue weighted by Gasteiger charge is 2.31. The molecule has 5 rings (SSSR count). The number of rotatable bonds is 3. The van der Waals surface area contributed by atoms with Gasteiger partial charge in [0.25, 0.3) is 11.8 Å². The standard InChI is InChI=1S/C19H15N3O2S2/c23-19(16-10-12-4-1-2-5-14(12)26-16)22-8-7-13(11-22)17-20-18(24-21-17)15-6-3-9-25-15/h1-6,9-10,13H,7-8,11H2. The molecule has 0 bridgehead atoms. The molecule has 0 spiro atoms. The zero-order valence-corrected chi connectivity index (χ0v) is 15.4. The minimum atomic E-state index is 0.0932. The van der Waals surface area contributed by atoms with Gasteiger partial charge in [0.1, 0.15) is 0 Å². The van der Waals surface area contributed by atoms with E-state index in [1.165, 1.54) is 0 Å². The van der Waals surface area contributed by atoms with Gasteiger partial charge in [-0.3, -0.25) is 4.79 Å². The fourth-order valence-corrected chi connectivity index (χ4v) is 4.97. The van der Waals surface area contributed by atoms with Gasteiger partial charge in [-0.05, 0) is 35.4 Å². The zero-order chi connectivity index (χ0) is 17.5. The van der Waals surface area contributed by atoms with E-state index in [0.717, 1.165) is 32.8 Å². The number of hydrogen-bond donors (Lipinski definition) is 0. The lowest BCUT2D eigenvalue weighted by Crippen LogP contribution is -2.27. The highest BCUT2D eigenvalue weighted by molar-refractivity contribution is 7.20. The molecule has 1 amide bonds. The summed E-state index contributed by atoms with van der Waals surface area (Å²) in [5, 5.41) is 7.25. The summed E-state index contributed by atoms with van der Waals surface area (Å²) in [6.45, 7) is 1.36. The van der Waals surface area contributed by atoms with Gasteiger partial charge >= 0.3 is 0 Å². The molecule has 3 aromatic heterocycles. The molecule has 5 nitrogen and oxygen atoms in total. The molecule has 26 heavy (non-hydrogen) atoms. The maximum atomic E-state index is 12.9. The van der Waals surface area contributed by atoms with Crippen molar-refractivity contribution in [1.82, 2.24) is 15.0 Å². The summed E-state index contributed by atoms with van der Waals surface area (Å²) < 4.78 is 6.53. The van der Waals surface area contributed by atoms with E-state index in [1.807, 2.05) is 46.7 Å². The lowest BCUT2D eigenvalue weighted by atomic mass is 10.1. The fraction of sp³-hybridized carbons (Fsp3) is 0.211. The van der Waals surface area contributed by atoms with E-state index in [-0.39, 0.29) is 11.8 Å². The first-order valence-corrected chi connectivity index (χ1v) is 10.1. The van der Waals surface area contributed by atoms with Crippen LogP contribution < -0.4 is 0 Å². The van der Waals surface area contributed by atoms with Crippen molar-refractivity contribution in [2.75, 3.05) is 13.1 Å². The number of likely N-dealkylation sites (tertiary alicyclic amines) is 1. The lowest BCUT2D eigenvalue weighted by molar-refractivity contribution is 0.0795. The highest BCUT2D eigenvalue weighted by Crippen LogP contribution is 2.32. The van der Waals surface area contributed by atoms with Crippen molar-refractivity contribution in [3.05, 3.63) is 58.5 Å². The zero-order valence-electron chi connectivity index (χ0n) is 13.8. The maximum absolute atomic E-state index is 12.9. The van der Waals surface area contributed by atoms with Gasteiger partial charge in [0, 0.05) is 23.7 Å². The van der Waals surface area contributed by atoms with Gasteiger partial charge in [0.2, 0.25) is 0 Å². The van der Waals surface area contributed by atoms with Crippen LogP contribution in [0.15, 0.2) is 52.4 Å². The number of thiophene rings is 2. The molecular weight excluding hydrogens is 366 g/mol. The highest BCUT2D eigenvalue weighted by atomic mass is 32.1. The number of hydrogen-bond acceptors (Lipinski definition) is 6. The Morgan fingerprint density at radius 2 is 2.15 bits per heavy atom. The second-order valence-corrected chi connectivity index (χ2v) is 8.35. The van der Waals surface area contributed by atoms with Crippen LogP contribution in [0.3, 0.4) is 0 Å². The third-order valence-corrected chi connectivity index (χ3v) is 6.61. The first-order valence-electron chi connectivity index (χ1n) is 8.43. The van der Waals surface area contributed by atoms with Crippen LogP contribution in [0.4, 0.5) is 0 Å². The summed E-state index contributed by atoms with van der Waals surface area (Å²) in [5.41, 5.74) is 0. The molecule has 1 aromatic carbocycles. The average molecular weight is 381 g/mol. The molecule has 0 aliphatic carbocycles. The molecular formula is C19H15N3O2S2. The summed E-state index contributed by atoms with van der Waals surface area (Å²) in [6, 6.07) is 14.0. The Labute approximate surface area is 157 Å². The quantitative estimate of drug-likeness (QED) is 0.519. The third kappa shape index (κ3) is 2.73. The number of carbonyl (C=O) groups is 1. The number of nitrogens with zero attached hydrogens (tertiary/aromatic N) is 3. The largest absolute Gasteiger partial charge is 0.337 e. The van der Waals surface area contributed by atoms with E-state index < -0.39 is 0 Å². The summed E-state index contributed by atoms with van der Waals surface area (Å²) in [6.07, 6.45) is 0.861. The first-order chi connectivity index (χ1) is 12.8. The van der Waals surface area contributed by atoms with Crippen molar-refractivity contribution in [1.29, 1.82) is 0 Å². The second-order valence-electron chi connectivity index (χ2n) is 6.32. The Morgan fingerprint density at radius 3 is 3.00 bits per heavy atom. The Hall–Kier alpha value is -2.51. The predicted molar refractivity (Wildman–Crippen MR) is 103 cm³/mol. The molecule has 7 heteroatoms. The topological polar surface area (TPSA) is 59.2 Å². The van der Waals surface area contributed by atoms with Crippen LogP contribution in [-0.2, 0) is 0 Å².